The van der Waals surface area contributed by atoms with E-state index in [1.807, 2.05) is 0 Å². The van der Waals surface area contributed by atoms with Crippen molar-refractivity contribution < 1.29 is 19.1 Å². The van der Waals surface area contributed by atoms with Crippen molar-refractivity contribution in [3.8, 4) is 0 Å². The molecule has 0 saturated heterocycles. The second-order valence-electron chi connectivity index (χ2n) is 3.37. The van der Waals surface area contributed by atoms with Crippen LogP contribution in [0.15, 0.2) is 12.2 Å². The highest BCUT2D eigenvalue weighted by atomic mass is 35.5. The van der Waals surface area contributed by atoms with E-state index in [0.29, 0.717) is 0 Å². The summed E-state index contributed by atoms with van der Waals surface area (Å²) in [6.45, 7) is 8.18. The van der Waals surface area contributed by atoms with Crippen LogP contribution >= 0.6 is 11.6 Å². The molecule has 0 aromatic heterocycles. The molecule has 0 fully saturated rings. The fourth-order valence-electron chi connectivity index (χ4n) is 0.616. The number of hydrogen-bond donors (Lipinski definition) is 0. The molecular weight excluding hydrogens is 220 g/mol. The molecule has 0 amide bonds. The van der Waals surface area contributed by atoms with Crippen LogP contribution < -0.4 is 0 Å². The summed E-state index contributed by atoms with van der Waals surface area (Å²) >= 11 is 5.69. The van der Waals surface area contributed by atoms with E-state index in [-0.39, 0.29) is 18.8 Å². The van der Waals surface area contributed by atoms with Crippen molar-refractivity contribution in [1.29, 1.82) is 0 Å². The molecule has 0 N–H and O–H groups in total. The lowest BCUT2D eigenvalue weighted by Crippen LogP contribution is -2.28. The molecule has 0 aromatic rings. The van der Waals surface area contributed by atoms with Crippen LogP contribution in [-0.2, 0) is 19.1 Å². The Morgan fingerprint density at radius 1 is 1.33 bits per heavy atom. The predicted octanol–water partition coefficient (Wildman–Crippen LogP) is 1.67. The van der Waals surface area contributed by atoms with Crippen molar-refractivity contribution in [3.05, 3.63) is 12.2 Å². The fourth-order valence-corrected chi connectivity index (χ4v) is 0.671. The van der Waals surface area contributed by atoms with E-state index in [1.54, 1.807) is 6.92 Å². The number of rotatable bonds is 5. The summed E-state index contributed by atoms with van der Waals surface area (Å²) in [5.41, 5.74) is 0.0890. The molecule has 4 nitrogen and oxygen atoms in total. The van der Waals surface area contributed by atoms with Gasteiger partial charge in [0.1, 0.15) is 11.5 Å². The topological polar surface area (TPSA) is 52.6 Å². The molecule has 0 spiro atoms. The SMILES string of the molecule is C=C(COC(=O)C(C)(C)Cl)C(=O)OCC. The summed E-state index contributed by atoms with van der Waals surface area (Å²) in [5.74, 6) is -1.17. The standard InChI is InChI=1S/C10H15ClO4/c1-5-14-8(12)7(2)6-15-9(13)10(3,4)11/h2,5-6H2,1,3-4H3. The highest BCUT2D eigenvalue weighted by molar-refractivity contribution is 6.33. The molecule has 5 heteroatoms. The average molecular weight is 235 g/mol. The number of esters is 2. The zero-order chi connectivity index (χ0) is 12.1. The molecule has 15 heavy (non-hydrogen) atoms. The molecule has 86 valence electrons. The van der Waals surface area contributed by atoms with Gasteiger partial charge < -0.3 is 9.47 Å². The van der Waals surface area contributed by atoms with Crippen molar-refractivity contribution in [3.63, 3.8) is 0 Å². The Morgan fingerprint density at radius 2 is 1.87 bits per heavy atom. The maximum absolute atomic E-state index is 11.2. The molecule has 0 heterocycles. The zero-order valence-corrected chi connectivity index (χ0v) is 9.89. The number of hydrogen-bond acceptors (Lipinski definition) is 4. The molecule has 0 aliphatic heterocycles. The summed E-state index contributed by atoms with van der Waals surface area (Å²) in [7, 11) is 0. The number of ether oxygens (including phenoxy) is 2. The second kappa shape index (κ2) is 5.75. The van der Waals surface area contributed by atoms with Gasteiger partial charge in [0.15, 0.2) is 0 Å². The van der Waals surface area contributed by atoms with Gasteiger partial charge in [-0.1, -0.05) is 6.58 Å². The highest BCUT2D eigenvalue weighted by Crippen LogP contribution is 2.14. The predicted molar refractivity (Wildman–Crippen MR) is 56.7 cm³/mol. The molecule has 0 atom stereocenters. The van der Waals surface area contributed by atoms with E-state index in [0.717, 1.165) is 0 Å². The van der Waals surface area contributed by atoms with Crippen LogP contribution in [0, 0.1) is 0 Å². The maximum atomic E-state index is 11.2. The minimum atomic E-state index is -1.10. The fraction of sp³-hybridized carbons (Fsp3) is 0.600. The van der Waals surface area contributed by atoms with Crippen molar-refractivity contribution >= 4 is 23.5 Å². The van der Waals surface area contributed by atoms with Crippen molar-refractivity contribution in [2.45, 2.75) is 25.6 Å². The quantitative estimate of drug-likeness (QED) is 0.413. The van der Waals surface area contributed by atoms with E-state index in [9.17, 15) is 9.59 Å². The summed E-state index contributed by atoms with van der Waals surface area (Å²) in [6, 6.07) is 0. The Hall–Kier alpha value is -1.03. The minimum Gasteiger partial charge on any atom is -0.463 e. The van der Waals surface area contributed by atoms with Crippen LogP contribution in [0.1, 0.15) is 20.8 Å². The summed E-state index contributed by atoms with van der Waals surface area (Å²) in [5, 5.41) is 0. The van der Waals surface area contributed by atoms with Gasteiger partial charge in [-0.2, -0.15) is 0 Å². The van der Waals surface area contributed by atoms with Gasteiger partial charge in [0.2, 0.25) is 0 Å². The number of carbonyl (C=O) groups is 2. The summed E-state index contributed by atoms with van der Waals surface area (Å²) in [4.78, 5) is 21.2. The van der Waals surface area contributed by atoms with E-state index in [4.69, 9.17) is 16.3 Å². The van der Waals surface area contributed by atoms with Gasteiger partial charge in [-0.15, -0.1) is 11.6 Å². The van der Waals surface area contributed by atoms with Crippen LogP contribution in [0.4, 0.5) is 0 Å². The Labute approximate surface area is 94.2 Å². The Balaban J connectivity index is 4.02. The Bertz CT molecular complexity index is 265. The lowest BCUT2D eigenvalue weighted by molar-refractivity contribution is -0.146. The third kappa shape index (κ3) is 5.42. The minimum absolute atomic E-state index is 0.0890. The monoisotopic (exact) mass is 234 g/mol. The van der Waals surface area contributed by atoms with Crippen LogP contribution in [0.5, 0.6) is 0 Å². The van der Waals surface area contributed by atoms with Gasteiger partial charge >= 0.3 is 11.9 Å². The van der Waals surface area contributed by atoms with E-state index < -0.39 is 16.8 Å². The van der Waals surface area contributed by atoms with Crippen LogP contribution in [0.2, 0.25) is 0 Å². The van der Waals surface area contributed by atoms with Crippen molar-refractivity contribution in [2.75, 3.05) is 13.2 Å². The third-order valence-electron chi connectivity index (χ3n) is 1.43. The molecule has 0 unspecified atom stereocenters. The number of carbonyl (C=O) groups excluding carboxylic acids is 2. The smallest absolute Gasteiger partial charge is 0.336 e. The summed E-state index contributed by atoms with van der Waals surface area (Å²) in [6.07, 6.45) is 0. The van der Waals surface area contributed by atoms with E-state index >= 15 is 0 Å². The van der Waals surface area contributed by atoms with Gasteiger partial charge in [0.05, 0.1) is 12.2 Å². The molecule has 0 radical (unpaired) electrons. The third-order valence-corrected chi connectivity index (χ3v) is 1.58. The Morgan fingerprint density at radius 3 is 2.27 bits per heavy atom. The molecule has 0 aliphatic carbocycles. The average Bonchev–Trinajstić information content (AvgIpc) is 2.12. The molecule has 0 rings (SSSR count). The van der Waals surface area contributed by atoms with Gasteiger partial charge in [0, 0.05) is 0 Å². The van der Waals surface area contributed by atoms with E-state index in [2.05, 4.69) is 11.3 Å². The first-order valence-corrected chi connectivity index (χ1v) is 4.88. The van der Waals surface area contributed by atoms with Gasteiger partial charge in [-0.25, -0.2) is 4.79 Å². The number of alkyl halides is 1. The lowest BCUT2D eigenvalue weighted by atomic mass is 10.2. The first kappa shape index (κ1) is 14.0. The van der Waals surface area contributed by atoms with Crippen LogP contribution in [-0.4, -0.2) is 30.0 Å². The van der Waals surface area contributed by atoms with Crippen molar-refractivity contribution in [1.82, 2.24) is 0 Å². The normalized spacial score (nSPS) is 10.7. The molecule has 0 saturated carbocycles. The van der Waals surface area contributed by atoms with E-state index in [1.165, 1.54) is 13.8 Å². The lowest BCUT2D eigenvalue weighted by Gasteiger charge is -2.14. The Kier molecular flexibility index (Phi) is 5.36. The summed E-state index contributed by atoms with van der Waals surface area (Å²) < 4.78 is 9.42. The van der Waals surface area contributed by atoms with Crippen LogP contribution in [0.3, 0.4) is 0 Å². The van der Waals surface area contributed by atoms with Gasteiger partial charge in [-0.3, -0.25) is 4.79 Å². The largest absolute Gasteiger partial charge is 0.463 e. The molecular formula is C10H15ClO4. The molecule has 0 aromatic carbocycles. The van der Waals surface area contributed by atoms with Gasteiger partial charge in [-0.05, 0) is 20.8 Å². The highest BCUT2D eigenvalue weighted by Gasteiger charge is 2.26. The number of halogens is 1. The maximum Gasteiger partial charge on any atom is 0.336 e. The first-order chi connectivity index (χ1) is 6.79. The van der Waals surface area contributed by atoms with Crippen molar-refractivity contribution in [2.24, 2.45) is 0 Å². The van der Waals surface area contributed by atoms with Gasteiger partial charge in [0.25, 0.3) is 0 Å². The zero-order valence-electron chi connectivity index (χ0n) is 9.13. The first-order valence-electron chi connectivity index (χ1n) is 4.50. The molecule has 0 aliphatic rings. The second-order valence-corrected chi connectivity index (χ2v) is 4.32. The van der Waals surface area contributed by atoms with Crippen LogP contribution in [0.25, 0.3) is 0 Å². The molecule has 0 bridgehead atoms.